The summed E-state index contributed by atoms with van der Waals surface area (Å²) in [6.45, 7) is 10.1. The predicted octanol–water partition coefficient (Wildman–Crippen LogP) is 12.4. The molecule has 4 aromatic carbocycles. The van der Waals surface area contributed by atoms with E-state index in [0.717, 1.165) is 13.0 Å². The standard InChI is InChI=1S/C37H42OSi.2CH3.2ClH.Zr/c1-37(2,3)38-25-15-5-6-16-26-39(4,35-31-21-11-7-17-27(31)28-18-8-12-22-32(28)35)36-33-23-13-9-19-29(33)30-20-10-14-24-34(30)36;;;;;/h7-14,17-24,35-36H,5-6,15-16,25-26H2,1-4H3;2*1H3;2*1H;/q;2*-1;;;+4/p-2. The van der Waals surface area contributed by atoms with Crippen LogP contribution in [0.3, 0.4) is 0 Å². The molecule has 0 radical (unpaired) electrons. The Hall–Kier alpha value is -1.48. The van der Waals surface area contributed by atoms with E-state index >= 15 is 0 Å². The molecular weight excluding hydrogens is 675 g/mol. The van der Waals surface area contributed by atoms with Crippen molar-refractivity contribution in [3.63, 3.8) is 0 Å². The number of hydrogen-bond donors (Lipinski definition) is 0. The van der Waals surface area contributed by atoms with E-state index < -0.39 is 28.9 Å². The number of ether oxygens (including phenoxy) is 1. The van der Waals surface area contributed by atoms with Crippen LogP contribution in [0.5, 0.6) is 0 Å². The normalized spacial score (nSPS) is 13.2. The van der Waals surface area contributed by atoms with Crippen LogP contribution in [-0.4, -0.2) is 20.3 Å². The van der Waals surface area contributed by atoms with Gasteiger partial charge in [0.1, 0.15) is 0 Å². The average molecular weight is 723 g/mol. The van der Waals surface area contributed by atoms with Crippen molar-refractivity contribution in [3.8, 4) is 22.3 Å². The first-order chi connectivity index (χ1) is 20.3. The Morgan fingerprint density at radius 1 is 0.591 bits per heavy atom. The fourth-order valence-corrected chi connectivity index (χ4v) is 13.3. The van der Waals surface area contributed by atoms with Gasteiger partial charge in [-0.15, -0.1) is 0 Å². The molecule has 5 heteroatoms. The fraction of sp³-hybridized carbons (Fsp3) is 0.333. The summed E-state index contributed by atoms with van der Waals surface area (Å²) < 4.78 is 6.00. The van der Waals surface area contributed by atoms with Crippen LogP contribution >= 0.6 is 17.0 Å². The van der Waals surface area contributed by atoms with Crippen LogP contribution in [-0.2, 0) is 25.6 Å². The fourth-order valence-electron chi connectivity index (χ4n) is 7.53. The van der Waals surface area contributed by atoms with E-state index in [1.165, 1.54) is 47.6 Å². The van der Waals surface area contributed by atoms with Gasteiger partial charge in [-0.25, -0.2) is 0 Å². The van der Waals surface area contributed by atoms with Gasteiger partial charge in [0, 0.05) is 17.7 Å². The number of halogens is 2. The Kier molecular flexibility index (Phi) is 13.8. The molecule has 0 amide bonds. The van der Waals surface area contributed by atoms with Gasteiger partial charge in [0.15, 0.2) is 0 Å². The van der Waals surface area contributed by atoms with E-state index in [-0.39, 0.29) is 20.5 Å². The molecule has 0 atom stereocenters. The predicted molar refractivity (Wildman–Crippen MR) is 193 cm³/mol. The van der Waals surface area contributed by atoms with Crippen molar-refractivity contribution < 1.29 is 25.6 Å². The van der Waals surface area contributed by atoms with Gasteiger partial charge in [-0.3, -0.25) is 0 Å². The number of fused-ring (bicyclic) bond motifs is 6. The SMILES string of the molecule is CC(C)(C)OCCCCCC[Si](C)(C1c2ccccc2-c2ccccc21)C1c2ccccc2-c2ccccc21.[CH3-].[CH3-].[Cl][Zr+2][Cl]. The summed E-state index contributed by atoms with van der Waals surface area (Å²) in [5, 5.41) is 0. The summed E-state index contributed by atoms with van der Waals surface area (Å²) in [5.74, 6) is 0. The van der Waals surface area contributed by atoms with Crippen LogP contribution in [0.4, 0.5) is 0 Å². The maximum absolute atomic E-state index is 6.00. The quantitative estimate of drug-likeness (QED) is 0.0949. The third kappa shape index (κ3) is 7.72. The zero-order valence-electron chi connectivity index (χ0n) is 27.3. The molecule has 0 saturated heterocycles. The molecule has 0 unspecified atom stereocenters. The Morgan fingerprint density at radius 3 is 1.25 bits per heavy atom. The Bertz CT molecular complexity index is 1310. The van der Waals surface area contributed by atoms with Crippen molar-refractivity contribution in [2.45, 2.75) is 75.7 Å². The first-order valence-electron chi connectivity index (χ1n) is 15.3. The second kappa shape index (κ2) is 16.4. The van der Waals surface area contributed by atoms with Gasteiger partial charge in [-0.05, 0) is 71.7 Å². The molecule has 1 nitrogen and oxygen atoms in total. The summed E-state index contributed by atoms with van der Waals surface area (Å²) >= 11 is -0.826. The molecule has 0 N–H and O–H groups in total. The van der Waals surface area contributed by atoms with E-state index in [0.29, 0.717) is 11.1 Å². The van der Waals surface area contributed by atoms with Crippen molar-refractivity contribution >= 4 is 25.1 Å². The molecule has 0 fully saturated rings. The van der Waals surface area contributed by atoms with Crippen LogP contribution in [0.1, 0.15) is 79.8 Å². The number of benzene rings is 4. The van der Waals surface area contributed by atoms with Crippen LogP contribution in [0, 0.1) is 14.9 Å². The molecule has 0 aromatic heterocycles. The molecule has 2 aliphatic rings. The van der Waals surface area contributed by atoms with E-state index in [2.05, 4.69) is 124 Å². The second-order valence-corrected chi connectivity index (χ2v) is 21.3. The molecule has 0 bridgehead atoms. The van der Waals surface area contributed by atoms with E-state index in [1.54, 1.807) is 22.3 Å². The van der Waals surface area contributed by atoms with Gasteiger partial charge < -0.3 is 19.6 Å². The monoisotopic (exact) mass is 720 g/mol. The van der Waals surface area contributed by atoms with E-state index in [1.807, 2.05) is 0 Å². The Balaban J connectivity index is 0.00000102. The van der Waals surface area contributed by atoms with Gasteiger partial charge >= 0.3 is 37.9 Å². The maximum atomic E-state index is 6.00. The van der Waals surface area contributed by atoms with Crippen molar-refractivity contribution in [3.05, 3.63) is 134 Å². The van der Waals surface area contributed by atoms with Crippen LogP contribution in [0.2, 0.25) is 12.6 Å². The van der Waals surface area contributed by atoms with Crippen LogP contribution in [0.15, 0.2) is 97.1 Å². The van der Waals surface area contributed by atoms with Gasteiger partial charge in [-0.1, -0.05) is 129 Å². The van der Waals surface area contributed by atoms with Crippen molar-refractivity contribution in [1.82, 2.24) is 0 Å². The minimum atomic E-state index is -2.02. The summed E-state index contributed by atoms with van der Waals surface area (Å²) in [5.41, 5.74) is 13.0. The number of hydrogen-bond acceptors (Lipinski definition) is 1. The average Bonchev–Trinajstić information content (AvgIpc) is 3.50. The topological polar surface area (TPSA) is 9.23 Å². The van der Waals surface area contributed by atoms with Crippen molar-refractivity contribution in [2.75, 3.05) is 6.61 Å². The Morgan fingerprint density at radius 2 is 0.909 bits per heavy atom. The summed E-state index contributed by atoms with van der Waals surface area (Å²) in [6, 6.07) is 38.4. The van der Waals surface area contributed by atoms with Crippen LogP contribution in [0.25, 0.3) is 22.3 Å². The zero-order chi connectivity index (χ0) is 29.7. The molecule has 0 spiro atoms. The third-order valence-electron chi connectivity index (χ3n) is 9.13. The van der Waals surface area contributed by atoms with Crippen LogP contribution < -0.4 is 0 Å². The van der Waals surface area contributed by atoms with Gasteiger partial charge in [0.05, 0.1) is 13.7 Å². The number of unbranched alkanes of at least 4 members (excludes halogenated alkanes) is 3. The zero-order valence-corrected chi connectivity index (χ0v) is 32.3. The molecule has 4 aromatic rings. The third-order valence-corrected chi connectivity index (χ3v) is 14.4. The molecule has 2 aliphatic carbocycles. The minimum absolute atomic E-state index is 0. The van der Waals surface area contributed by atoms with E-state index in [4.69, 9.17) is 21.8 Å². The molecular formula is C39H48Cl2OSiZr. The molecule has 232 valence electrons. The van der Waals surface area contributed by atoms with Gasteiger partial charge in [-0.2, -0.15) is 0 Å². The molecule has 44 heavy (non-hydrogen) atoms. The van der Waals surface area contributed by atoms with Crippen molar-refractivity contribution in [2.24, 2.45) is 0 Å². The Labute approximate surface area is 287 Å². The van der Waals surface area contributed by atoms with Gasteiger partial charge in [0.2, 0.25) is 0 Å². The first-order valence-corrected chi connectivity index (χ1v) is 24.5. The molecule has 0 heterocycles. The number of rotatable bonds is 9. The molecule has 0 saturated carbocycles. The van der Waals surface area contributed by atoms with E-state index in [9.17, 15) is 0 Å². The molecule has 6 rings (SSSR count). The second-order valence-electron chi connectivity index (χ2n) is 12.9. The summed E-state index contributed by atoms with van der Waals surface area (Å²) in [6.07, 6.45) is 4.97. The molecule has 0 aliphatic heterocycles. The summed E-state index contributed by atoms with van der Waals surface area (Å²) in [4.78, 5) is 0. The van der Waals surface area contributed by atoms with Gasteiger partial charge in [0.25, 0.3) is 0 Å². The first kappa shape index (κ1) is 37.0. The summed E-state index contributed by atoms with van der Waals surface area (Å²) in [7, 11) is 7.85. The van der Waals surface area contributed by atoms with Crippen molar-refractivity contribution in [1.29, 1.82) is 0 Å².